The Morgan fingerprint density at radius 1 is 1.17 bits per heavy atom. The number of hydrogen-bond acceptors (Lipinski definition) is 3. The van der Waals surface area contributed by atoms with E-state index in [1.165, 1.54) is 0 Å². The molecule has 0 aliphatic heterocycles. The van der Waals surface area contributed by atoms with Crippen molar-refractivity contribution in [2.45, 2.75) is 31.2 Å². The fourth-order valence-corrected chi connectivity index (χ4v) is 0.312. The second-order valence-electron chi connectivity index (χ2n) is 2.89. The second kappa shape index (κ2) is 6.18. The molecule has 0 aliphatic rings. The number of carbonyl (C=O) groups is 1. The lowest BCUT2D eigenvalue weighted by Crippen LogP contribution is -2.56. The van der Waals surface area contributed by atoms with Gasteiger partial charge in [-0.05, 0) is 6.92 Å². The van der Waals surface area contributed by atoms with Crippen molar-refractivity contribution in [2.24, 2.45) is 5.73 Å². The van der Waals surface area contributed by atoms with Crippen LogP contribution >= 0.6 is 0 Å². The molecule has 0 bridgehead atoms. The van der Waals surface area contributed by atoms with Crippen LogP contribution in [0.2, 0.25) is 0 Å². The number of aliphatic carboxylic acids is 1. The number of ether oxygens (including phenoxy) is 1. The molecule has 1 unspecified atom stereocenters. The molecule has 0 radical (unpaired) electrons. The predicted octanol–water partition coefficient (Wildman–Crippen LogP) is 1.84. The van der Waals surface area contributed by atoms with Crippen LogP contribution in [0.25, 0.3) is 0 Å². The average Bonchev–Trinajstić information content (AvgIpc) is 2.16. The molecule has 1 atom stereocenters. The van der Waals surface area contributed by atoms with E-state index in [0.29, 0.717) is 0 Å². The van der Waals surface area contributed by atoms with Crippen LogP contribution in [0.1, 0.15) is 6.92 Å². The number of halogens is 7. The summed E-state index contributed by atoms with van der Waals surface area (Å²) in [5.41, 5.74) is 5.07. The number of methoxy groups -OCH3 is 1. The summed E-state index contributed by atoms with van der Waals surface area (Å²) in [5, 5.41) is 7.41. The van der Waals surface area contributed by atoms with Crippen LogP contribution in [-0.2, 0) is 9.53 Å². The highest BCUT2D eigenvalue weighted by molar-refractivity contribution is 5.76. The maximum Gasteiger partial charge on any atom is 0.460 e. The first-order valence-corrected chi connectivity index (χ1v) is 4.06. The number of carboxylic acids is 1. The minimum atomic E-state index is -6.60. The third kappa shape index (κ3) is 4.64. The van der Waals surface area contributed by atoms with Crippen LogP contribution < -0.4 is 5.73 Å². The fourth-order valence-electron chi connectivity index (χ4n) is 0.312. The Balaban J connectivity index is 0. The minimum Gasteiger partial charge on any atom is -0.477 e. The summed E-state index contributed by atoms with van der Waals surface area (Å²) < 4.78 is 85.0. The Labute approximate surface area is 96.5 Å². The molecule has 4 nitrogen and oxygen atoms in total. The number of carboxylic acid groups (broad SMARTS) is 1. The quantitative estimate of drug-likeness (QED) is 0.614. The van der Waals surface area contributed by atoms with Crippen molar-refractivity contribution >= 4 is 5.97 Å². The standard InChI is InChI=1S/C4HF7O2.C3H9NO/c5-2(6,1(12)13)3(7,8)4(9,10)11;1-3(4)5-2/h(H,12,13);3H,4H2,1-2H3. The average molecular weight is 289 g/mol. The molecule has 0 aromatic rings. The van der Waals surface area contributed by atoms with Gasteiger partial charge in [0.05, 0.1) is 0 Å². The lowest BCUT2D eigenvalue weighted by atomic mass is 10.1. The van der Waals surface area contributed by atoms with Crippen molar-refractivity contribution in [3.8, 4) is 0 Å². The van der Waals surface area contributed by atoms with Crippen LogP contribution in [0, 0.1) is 0 Å². The molecule has 18 heavy (non-hydrogen) atoms. The molecule has 0 saturated heterocycles. The van der Waals surface area contributed by atoms with Gasteiger partial charge in [-0.15, -0.1) is 0 Å². The first kappa shape index (κ1) is 19.2. The van der Waals surface area contributed by atoms with E-state index in [4.69, 9.17) is 10.8 Å². The van der Waals surface area contributed by atoms with Gasteiger partial charge in [-0.25, -0.2) is 4.79 Å². The number of nitrogens with two attached hydrogens (primary N) is 1. The highest BCUT2D eigenvalue weighted by atomic mass is 19.4. The zero-order chi connectivity index (χ0) is 15.4. The molecule has 0 fully saturated rings. The largest absolute Gasteiger partial charge is 0.477 e. The molecule has 0 rings (SSSR count). The predicted molar refractivity (Wildman–Crippen MR) is 44.2 cm³/mol. The monoisotopic (exact) mass is 289 g/mol. The van der Waals surface area contributed by atoms with Crippen LogP contribution in [-0.4, -0.2) is 42.4 Å². The Morgan fingerprint density at radius 2 is 1.44 bits per heavy atom. The van der Waals surface area contributed by atoms with E-state index in [-0.39, 0.29) is 6.23 Å². The van der Waals surface area contributed by atoms with E-state index < -0.39 is 24.0 Å². The summed E-state index contributed by atoms with van der Waals surface area (Å²) in [4.78, 5) is 9.38. The summed E-state index contributed by atoms with van der Waals surface area (Å²) in [6, 6.07) is 0. The van der Waals surface area contributed by atoms with Crippen molar-refractivity contribution in [3.05, 3.63) is 0 Å². The maximum atomic E-state index is 11.8. The minimum absolute atomic E-state index is 0.116. The van der Waals surface area contributed by atoms with Crippen molar-refractivity contribution in [1.29, 1.82) is 0 Å². The Bertz CT molecular complexity index is 277. The number of hydrogen-bond donors (Lipinski definition) is 2. The smallest absolute Gasteiger partial charge is 0.460 e. The van der Waals surface area contributed by atoms with Gasteiger partial charge in [0.2, 0.25) is 0 Å². The summed E-state index contributed by atoms with van der Waals surface area (Å²) >= 11 is 0. The normalized spacial score (nSPS) is 14.6. The molecule has 0 heterocycles. The molecule has 0 aliphatic carbocycles. The van der Waals surface area contributed by atoms with E-state index in [1.807, 2.05) is 0 Å². The van der Waals surface area contributed by atoms with Crippen molar-refractivity contribution in [3.63, 3.8) is 0 Å². The molecule has 0 aromatic carbocycles. The molecule has 0 aromatic heterocycles. The zero-order valence-electron chi connectivity index (χ0n) is 9.06. The van der Waals surface area contributed by atoms with E-state index in [2.05, 4.69) is 4.74 Å². The Kier molecular flexibility index (Phi) is 6.61. The molecule has 0 saturated carbocycles. The van der Waals surface area contributed by atoms with Gasteiger partial charge in [0.25, 0.3) is 0 Å². The summed E-state index contributed by atoms with van der Waals surface area (Å²) in [6.07, 6.45) is -6.72. The van der Waals surface area contributed by atoms with Crippen LogP contribution in [0.3, 0.4) is 0 Å². The van der Waals surface area contributed by atoms with Gasteiger partial charge in [0.1, 0.15) is 6.23 Å². The summed E-state index contributed by atoms with van der Waals surface area (Å²) in [7, 11) is 1.57. The van der Waals surface area contributed by atoms with Gasteiger partial charge in [0, 0.05) is 7.11 Å². The maximum absolute atomic E-state index is 11.8. The van der Waals surface area contributed by atoms with Crippen molar-refractivity contribution in [2.75, 3.05) is 7.11 Å². The number of alkyl halides is 7. The highest BCUT2D eigenvalue weighted by Crippen LogP contribution is 2.46. The lowest BCUT2D eigenvalue weighted by molar-refractivity contribution is -0.347. The summed E-state index contributed by atoms with van der Waals surface area (Å²) in [6.45, 7) is 1.78. The van der Waals surface area contributed by atoms with E-state index >= 15 is 0 Å². The van der Waals surface area contributed by atoms with Gasteiger partial charge >= 0.3 is 24.0 Å². The third-order valence-electron chi connectivity index (χ3n) is 1.39. The molecule has 0 spiro atoms. The van der Waals surface area contributed by atoms with E-state index in [0.717, 1.165) is 0 Å². The van der Waals surface area contributed by atoms with Gasteiger partial charge in [-0.3, -0.25) is 0 Å². The topological polar surface area (TPSA) is 72.5 Å². The molecule has 0 amide bonds. The van der Waals surface area contributed by atoms with E-state index in [1.54, 1.807) is 14.0 Å². The molecular weight excluding hydrogens is 279 g/mol. The first-order chi connectivity index (χ1) is 7.71. The Hall–Kier alpha value is -1.10. The lowest BCUT2D eigenvalue weighted by Gasteiger charge is -2.24. The third-order valence-corrected chi connectivity index (χ3v) is 1.39. The fraction of sp³-hybridized carbons (Fsp3) is 0.857. The van der Waals surface area contributed by atoms with Gasteiger partial charge in [-0.1, -0.05) is 0 Å². The van der Waals surface area contributed by atoms with Crippen LogP contribution in [0.4, 0.5) is 30.7 Å². The van der Waals surface area contributed by atoms with Crippen LogP contribution in [0.5, 0.6) is 0 Å². The van der Waals surface area contributed by atoms with Gasteiger partial charge < -0.3 is 15.6 Å². The van der Waals surface area contributed by atoms with Crippen molar-refractivity contribution in [1.82, 2.24) is 0 Å². The SMILES string of the molecule is COC(C)N.O=C(O)C(F)(F)C(F)(F)C(F)(F)F. The Morgan fingerprint density at radius 3 is 1.50 bits per heavy atom. The zero-order valence-corrected chi connectivity index (χ0v) is 9.06. The van der Waals surface area contributed by atoms with E-state index in [9.17, 15) is 35.5 Å². The van der Waals surface area contributed by atoms with Gasteiger partial charge in [0.15, 0.2) is 0 Å². The second-order valence-corrected chi connectivity index (χ2v) is 2.89. The first-order valence-electron chi connectivity index (χ1n) is 4.06. The molecule has 110 valence electrons. The molecule has 3 N–H and O–H groups in total. The van der Waals surface area contributed by atoms with Crippen LogP contribution in [0.15, 0.2) is 0 Å². The van der Waals surface area contributed by atoms with Gasteiger partial charge in [-0.2, -0.15) is 30.7 Å². The number of rotatable bonds is 3. The highest BCUT2D eigenvalue weighted by Gasteiger charge is 2.76. The molecular formula is C7H10F7NO3. The van der Waals surface area contributed by atoms with Crippen molar-refractivity contribution < 1.29 is 45.4 Å². The molecule has 11 heteroatoms. The summed E-state index contributed by atoms with van der Waals surface area (Å²) in [5.74, 6) is -16.3.